The van der Waals surface area contributed by atoms with Crippen LogP contribution in [-0.4, -0.2) is 0 Å². The number of rotatable bonds is 1. The van der Waals surface area contributed by atoms with Crippen LogP contribution in [-0.2, 0) is 4.57 Å². The molecule has 38 valence electrons. The van der Waals surface area contributed by atoms with Gasteiger partial charge in [-0.1, -0.05) is 0 Å². The Morgan fingerprint density at radius 2 is 1.67 bits per heavy atom. The van der Waals surface area contributed by atoms with Crippen LogP contribution in [0.2, 0.25) is 0 Å². The molecular weight excluding hydrogens is 167 g/mol. The molecule has 0 atom stereocenters. The van der Waals surface area contributed by atoms with Gasteiger partial charge < -0.3 is 0 Å². The Bertz CT molecular complexity index is 74.9. The highest BCUT2D eigenvalue weighted by Gasteiger charge is 2.07. The molecule has 0 aromatic heterocycles. The van der Waals surface area contributed by atoms with E-state index >= 15 is 0 Å². The maximum atomic E-state index is 9.87. The van der Waals surface area contributed by atoms with E-state index in [1.165, 1.54) is 0 Å². The van der Waals surface area contributed by atoms with Crippen LogP contribution >= 0.6 is 40.3 Å². The molecule has 0 aromatic carbocycles. The second-order valence-corrected chi connectivity index (χ2v) is 5.52. The van der Waals surface area contributed by atoms with E-state index in [0.29, 0.717) is 0 Å². The molecule has 0 fully saturated rings. The fraction of sp³-hybridized carbons (Fsp3) is 0. The van der Waals surface area contributed by atoms with Gasteiger partial charge in [0.2, 0.25) is 0 Å². The van der Waals surface area contributed by atoms with Crippen LogP contribution in [0.15, 0.2) is 0 Å². The Morgan fingerprint density at radius 1 is 1.50 bits per heavy atom. The standard InChI is InChI=1S/Cl3HNOP/c1-4-6(2,3)5/h(H,4,5). The number of halogens is 3. The van der Waals surface area contributed by atoms with Gasteiger partial charge in [0, 0.05) is 0 Å². The summed E-state index contributed by atoms with van der Waals surface area (Å²) in [5.74, 6) is -3.19. The van der Waals surface area contributed by atoms with Crippen molar-refractivity contribution < 1.29 is 4.57 Å². The normalized spacial score (nSPS) is 11.8. The van der Waals surface area contributed by atoms with E-state index in [1.807, 2.05) is 0 Å². The van der Waals surface area contributed by atoms with Crippen molar-refractivity contribution >= 4 is 40.3 Å². The molecule has 0 aliphatic rings. The first-order valence-corrected chi connectivity index (χ1v) is 4.83. The molecule has 0 aliphatic carbocycles. The molecule has 0 unspecified atom stereocenters. The lowest BCUT2D eigenvalue weighted by Gasteiger charge is -1.88. The van der Waals surface area contributed by atoms with E-state index in [4.69, 9.17) is 34.3 Å². The lowest BCUT2D eigenvalue weighted by Crippen LogP contribution is -1.77. The fourth-order valence-electron chi connectivity index (χ4n) is 0. The van der Waals surface area contributed by atoms with Gasteiger partial charge in [-0.15, -0.1) is 0 Å². The van der Waals surface area contributed by atoms with Crippen LogP contribution in [0.5, 0.6) is 0 Å². The predicted molar refractivity (Wildman–Crippen MR) is 28.3 cm³/mol. The zero-order valence-corrected chi connectivity index (χ0v) is 5.65. The van der Waals surface area contributed by atoms with Crippen molar-refractivity contribution in [3.63, 3.8) is 0 Å². The summed E-state index contributed by atoms with van der Waals surface area (Å²) >= 11 is 14.3. The molecule has 6 heteroatoms. The molecule has 0 bridgehead atoms. The van der Waals surface area contributed by atoms with Gasteiger partial charge in [0.15, 0.2) is 0 Å². The zero-order chi connectivity index (χ0) is 5.21. The summed E-state index contributed by atoms with van der Waals surface area (Å²) in [5.41, 5.74) is 0. The Kier molecular flexibility index (Phi) is 2.81. The zero-order valence-electron chi connectivity index (χ0n) is 2.49. The molecule has 0 amide bonds. The molecule has 2 nitrogen and oxygen atoms in total. The van der Waals surface area contributed by atoms with E-state index in [1.54, 1.807) is 4.61 Å². The molecule has 0 heterocycles. The molecule has 0 spiro atoms. The highest BCUT2D eigenvalue weighted by molar-refractivity contribution is 8.07. The van der Waals surface area contributed by atoms with Crippen LogP contribution in [0.25, 0.3) is 0 Å². The lowest BCUT2D eigenvalue weighted by molar-refractivity contribution is 0.591. The van der Waals surface area contributed by atoms with Crippen LogP contribution in [0, 0.1) is 0 Å². The molecule has 0 aliphatic heterocycles. The second-order valence-electron chi connectivity index (χ2n) is 0.547. The number of hydrogen-bond acceptors (Lipinski definition) is 1. The maximum absolute atomic E-state index is 9.87. The molecular formula is HCl3NOP. The third kappa shape index (κ3) is 5.06. The average molecular weight is 168 g/mol. The van der Waals surface area contributed by atoms with Crippen LogP contribution in [0.4, 0.5) is 0 Å². The molecule has 0 radical (unpaired) electrons. The SMILES string of the molecule is O=P(Cl)(Cl)NCl. The molecule has 0 rings (SSSR count). The molecule has 6 heavy (non-hydrogen) atoms. The third-order valence-electron chi connectivity index (χ3n) is 0.0984. The Hall–Kier alpha value is 1.06. The van der Waals surface area contributed by atoms with E-state index < -0.39 is 6.00 Å². The van der Waals surface area contributed by atoms with E-state index in [0.717, 1.165) is 0 Å². The largest absolute Gasteiger partial charge is 0.333 e. The summed E-state index contributed by atoms with van der Waals surface area (Å²) in [6.45, 7) is 0. The minimum Gasteiger partial charge on any atom is -0.270 e. The van der Waals surface area contributed by atoms with Crippen molar-refractivity contribution in [3.05, 3.63) is 0 Å². The van der Waals surface area contributed by atoms with Crippen molar-refractivity contribution in [2.45, 2.75) is 0 Å². The summed E-state index contributed by atoms with van der Waals surface area (Å²) in [5, 5.41) is 0. The predicted octanol–water partition coefficient (Wildman–Crippen LogP) is 2.32. The molecule has 0 saturated heterocycles. The smallest absolute Gasteiger partial charge is 0.270 e. The topological polar surface area (TPSA) is 29.1 Å². The fourth-order valence-corrected chi connectivity index (χ4v) is 0. The van der Waals surface area contributed by atoms with Gasteiger partial charge in [-0.2, -0.15) is 4.61 Å². The van der Waals surface area contributed by atoms with Gasteiger partial charge in [-0.3, -0.25) is 4.57 Å². The van der Waals surface area contributed by atoms with Crippen molar-refractivity contribution in [2.75, 3.05) is 0 Å². The Labute approximate surface area is 49.9 Å². The van der Waals surface area contributed by atoms with Crippen molar-refractivity contribution in [3.8, 4) is 0 Å². The first kappa shape index (κ1) is 7.06. The second kappa shape index (κ2) is 2.39. The van der Waals surface area contributed by atoms with Crippen LogP contribution in [0.1, 0.15) is 0 Å². The summed E-state index contributed by atoms with van der Waals surface area (Å²) in [4.78, 5) is 0. The Morgan fingerprint density at radius 3 is 1.67 bits per heavy atom. The van der Waals surface area contributed by atoms with Crippen LogP contribution < -0.4 is 4.61 Å². The lowest BCUT2D eigenvalue weighted by atomic mass is 13.9. The van der Waals surface area contributed by atoms with Gasteiger partial charge in [0.1, 0.15) is 0 Å². The monoisotopic (exact) mass is 167 g/mol. The number of nitrogens with one attached hydrogen (secondary N) is 1. The summed E-state index contributed by atoms with van der Waals surface area (Å²) in [7, 11) is 0. The average Bonchev–Trinajstić information content (AvgIpc) is 1.35. The van der Waals surface area contributed by atoms with E-state index in [9.17, 15) is 4.57 Å². The van der Waals surface area contributed by atoms with E-state index in [2.05, 4.69) is 0 Å². The van der Waals surface area contributed by atoms with Gasteiger partial charge >= 0.3 is 6.00 Å². The van der Waals surface area contributed by atoms with Gasteiger partial charge in [0.05, 0.1) is 0 Å². The van der Waals surface area contributed by atoms with Crippen LogP contribution in [0.3, 0.4) is 0 Å². The van der Waals surface area contributed by atoms with Crippen molar-refractivity contribution in [1.82, 2.24) is 4.61 Å². The molecule has 1 N–H and O–H groups in total. The maximum Gasteiger partial charge on any atom is 0.333 e. The molecule has 0 aromatic rings. The third-order valence-corrected chi connectivity index (χ3v) is 2.04. The van der Waals surface area contributed by atoms with Crippen molar-refractivity contribution in [2.24, 2.45) is 0 Å². The summed E-state index contributed by atoms with van der Waals surface area (Å²) in [6.07, 6.45) is 0. The quantitative estimate of drug-likeness (QED) is 0.481. The van der Waals surface area contributed by atoms with Gasteiger partial charge in [0.25, 0.3) is 0 Å². The first-order valence-electron chi connectivity index (χ1n) is 0.933. The summed E-state index contributed by atoms with van der Waals surface area (Å²) in [6, 6.07) is 0. The van der Waals surface area contributed by atoms with Gasteiger partial charge in [-0.05, 0) is 34.3 Å². The highest BCUT2D eigenvalue weighted by Crippen LogP contribution is 2.52. The summed E-state index contributed by atoms with van der Waals surface area (Å²) < 4.78 is 11.5. The minimum absolute atomic E-state index is 1.66. The highest BCUT2D eigenvalue weighted by atomic mass is 35.9. The molecule has 0 saturated carbocycles. The first-order chi connectivity index (χ1) is 2.56. The number of hydrogen-bond donors (Lipinski definition) is 1. The van der Waals surface area contributed by atoms with Crippen molar-refractivity contribution in [1.29, 1.82) is 0 Å². The Balaban J connectivity index is 3.48. The van der Waals surface area contributed by atoms with Gasteiger partial charge in [-0.25, -0.2) is 0 Å². The minimum atomic E-state index is -3.19. The van der Waals surface area contributed by atoms with E-state index in [-0.39, 0.29) is 0 Å².